The smallest absolute Gasteiger partial charge is 0.0579 e. The summed E-state index contributed by atoms with van der Waals surface area (Å²) in [5, 5.41) is 3.39. The highest BCUT2D eigenvalue weighted by molar-refractivity contribution is 14.1. The summed E-state index contributed by atoms with van der Waals surface area (Å²) in [6, 6.07) is 10.2. The Kier molecular flexibility index (Phi) is 3.83. The van der Waals surface area contributed by atoms with Gasteiger partial charge in [-0.1, -0.05) is 6.07 Å². The van der Waals surface area contributed by atoms with E-state index in [9.17, 15) is 0 Å². The van der Waals surface area contributed by atoms with Crippen molar-refractivity contribution in [3.05, 3.63) is 51.9 Å². The summed E-state index contributed by atoms with van der Waals surface area (Å²) in [5.41, 5.74) is 8.84. The molecule has 0 fully saturated rings. The molecule has 88 valence electrons. The topological polar surface area (TPSA) is 50.9 Å². The molecule has 0 amide bonds. The van der Waals surface area contributed by atoms with Crippen molar-refractivity contribution in [3.63, 3.8) is 0 Å². The molecule has 0 bridgehead atoms. The summed E-state index contributed by atoms with van der Waals surface area (Å²) in [7, 11) is 0. The Balaban J connectivity index is 2.16. The van der Waals surface area contributed by atoms with Gasteiger partial charge in [0.05, 0.1) is 17.4 Å². The van der Waals surface area contributed by atoms with Crippen LogP contribution in [0.5, 0.6) is 0 Å². The van der Waals surface area contributed by atoms with Crippen molar-refractivity contribution in [2.75, 3.05) is 11.1 Å². The first-order chi connectivity index (χ1) is 8.16. The van der Waals surface area contributed by atoms with Crippen LogP contribution in [0.15, 0.2) is 42.7 Å². The number of aromatic nitrogens is 1. The maximum Gasteiger partial charge on any atom is 0.0579 e. The number of pyridine rings is 1. The lowest BCUT2D eigenvalue weighted by molar-refractivity contribution is 0.876. The number of benzene rings is 1. The molecule has 3 nitrogen and oxygen atoms in total. The van der Waals surface area contributed by atoms with Crippen LogP contribution in [0.2, 0.25) is 0 Å². The quantitative estimate of drug-likeness (QED) is 0.665. The monoisotopic (exact) mass is 339 g/mol. The van der Waals surface area contributed by atoms with E-state index >= 15 is 0 Å². The predicted octanol–water partition coefficient (Wildman–Crippen LogP) is 3.44. The van der Waals surface area contributed by atoms with Gasteiger partial charge in [-0.15, -0.1) is 0 Å². The Bertz CT molecular complexity index is 499. The second-order valence-corrected chi connectivity index (χ2v) is 5.13. The van der Waals surface area contributed by atoms with E-state index in [0.717, 1.165) is 20.5 Å². The molecule has 0 saturated carbocycles. The molecular formula is C13H14IN3. The molecule has 0 aliphatic rings. The molecule has 3 N–H and O–H groups in total. The van der Waals surface area contributed by atoms with Crippen LogP contribution < -0.4 is 11.1 Å². The maximum absolute atomic E-state index is 5.96. The van der Waals surface area contributed by atoms with E-state index in [1.165, 1.54) is 0 Å². The van der Waals surface area contributed by atoms with Gasteiger partial charge in [-0.3, -0.25) is 4.98 Å². The minimum absolute atomic E-state index is 0.186. The molecular weight excluding hydrogens is 325 g/mol. The number of halogens is 1. The first-order valence-electron chi connectivity index (χ1n) is 5.38. The second kappa shape index (κ2) is 5.35. The number of nitrogens with zero attached hydrogens (tertiary/aromatic N) is 1. The zero-order chi connectivity index (χ0) is 12.3. The lowest BCUT2D eigenvalue weighted by atomic mass is 10.1. The average molecular weight is 339 g/mol. The number of nitrogens with two attached hydrogens (primary N) is 1. The molecule has 0 aliphatic carbocycles. The van der Waals surface area contributed by atoms with Crippen LogP contribution in [-0.4, -0.2) is 4.98 Å². The highest BCUT2D eigenvalue weighted by atomic mass is 127. The van der Waals surface area contributed by atoms with Gasteiger partial charge in [0.25, 0.3) is 0 Å². The van der Waals surface area contributed by atoms with Crippen LogP contribution in [0.1, 0.15) is 18.5 Å². The first-order valence-corrected chi connectivity index (χ1v) is 6.46. The number of hydrogen-bond acceptors (Lipinski definition) is 3. The van der Waals surface area contributed by atoms with E-state index in [1.54, 1.807) is 6.20 Å². The Hall–Kier alpha value is -1.30. The van der Waals surface area contributed by atoms with Gasteiger partial charge in [0.2, 0.25) is 0 Å². The van der Waals surface area contributed by atoms with Gasteiger partial charge < -0.3 is 11.1 Å². The standard InChI is InChI=1S/C13H14IN3/c1-9(10-3-2-6-16-8-10)17-13-5-4-11(14)7-12(13)15/h2-9,17H,15H2,1H3. The van der Waals surface area contributed by atoms with Crippen molar-refractivity contribution in [2.24, 2.45) is 0 Å². The van der Waals surface area contributed by atoms with E-state index in [1.807, 2.05) is 36.5 Å². The fourth-order valence-electron chi connectivity index (χ4n) is 1.61. The molecule has 0 aliphatic heterocycles. The third-order valence-electron chi connectivity index (χ3n) is 2.57. The summed E-state index contributed by atoms with van der Waals surface area (Å²) < 4.78 is 1.14. The van der Waals surface area contributed by atoms with Crippen LogP contribution in [0.25, 0.3) is 0 Å². The highest BCUT2D eigenvalue weighted by Gasteiger charge is 2.07. The molecule has 1 aromatic carbocycles. The molecule has 1 aromatic heterocycles. The van der Waals surface area contributed by atoms with Crippen LogP contribution in [0.3, 0.4) is 0 Å². The number of nitrogens with one attached hydrogen (secondary N) is 1. The zero-order valence-corrected chi connectivity index (χ0v) is 11.7. The molecule has 2 rings (SSSR count). The Morgan fingerprint density at radius 1 is 1.35 bits per heavy atom. The molecule has 4 heteroatoms. The average Bonchev–Trinajstić information content (AvgIpc) is 2.34. The number of hydrogen-bond donors (Lipinski definition) is 2. The predicted molar refractivity (Wildman–Crippen MR) is 79.8 cm³/mol. The third kappa shape index (κ3) is 3.09. The van der Waals surface area contributed by atoms with Crippen LogP contribution in [0, 0.1) is 3.57 Å². The van der Waals surface area contributed by atoms with E-state index in [0.29, 0.717) is 0 Å². The molecule has 1 heterocycles. The molecule has 0 spiro atoms. The number of rotatable bonds is 3. The van der Waals surface area contributed by atoms with Crippen LogP contribution in [0.4, 0.5) is 11.4 Å². The van der Waals surface area contributed by atoms with Crippen molar-refractivity contribution in [2.45, 2.75) is 13.0 Å². The van der Waals surface area contributed by atoms with Crippen molar-refractivity contribution in [1.82, 2.24) is 4.98 Å². The molecule has 1 atom stereocenters. The Morgan fingerprint density at radius 3 is 2.82 bits per heavy atom. The van der Waals surface area contributed by atoms with E-state index in [-0.39, 0.29) is 6.04 Å². The van der Waals surface area contributed by atoms with Gasteiger partial charge in [0, 0.05) is 16.0 Å². The van der Waals surface area contributed by atoms with E-state index < -0.39 is 0 Å². The molecule has 0 saturated heterocycles. The largest absolute Gasteiger partial charge is 0.397 e. The second-order valence-electron chi connectivity index (χ2n) is 3.88. The molecule has 0 radical (unpaired) electrons. The van der Waals surface area contributed by atoms with Gasteiger partial charge in [0.1, 0.15) is 0 Å². The Labute approximate surface area is 115 Å². The fraction of sp³-hybridized carbons (Fsp3) is 0.154. The summed E-state index contributed by atoms with van der Waals surface area (Å²) in [6.07, 6.45) is 3.63. The van der Waals surface area contributed by atoms with Crippen LogP contribution in [-0.2, 0) is 0 Å². The van der Waals surface area contributed by atoms with Gasteiger partial charge in [-0.25, -0.2) is 0 Å². The van der Waals surface area contributed by atoms with E-state index in [4.69, 9.17) is 5.73 Å². The highest BCUT2D eigenvalue weighted by Crippen LogP contribution is 2.25. The minimum atomic E-state index is 0.186. The third-order valence-corrected chi connectivity index (χ3v) is 3.24. The minimum Gasteiger partial charge on any atom is -0.397 e. The number of nitrogen functional groups attached to an aromatic ring is 1. The summed E-state index contributed by atoms with van der Waals surface area (Å²) in [4.78, 5) is 4.11. The first kappa shape index (κ1) is 12.2. The normalized spacial score (nSPS) is 12.1. The fourth-order valence-corrected chi connectivity index (χ4v) is 2.13. The van der Waals surface area contributed by atoms with Gasteiger partial charge >= 0.3 is 0 Å². The van der Waals surface area contributed by atoms with Crippen molar-refractivity contribution < 1.29 is 0 Å². The summed E-state index contributed by atoms with van der Waals surface area (Å²) in [6.45, 7) is 2.09. The van der Waals surface area contributed by atoms with Crippen molar-refractivity contribution >= 4 is 34.0 Å². The lowest BCUT2D eigenvalue weighted by Crippen LogP contribution is -2.08. The van der Waals surface area contributed by atoms with Crippen molar-refractivity contribution in [1.29, 1.82) is 0 Å². The number of anilines is 2. The van der Waals surface area contributed by atoms with Gasteiger partial charge in [-0.2, -0.15) is 0 Å². The Morgan fingerprint density at radius 2 is 2.18 bits per heavy atom. The zero-order valence-electron chi connectivity index (χ0n) is 9.52. The molecule has 2 aromatic rings. The van der Waals surface area contributed by atoms with Crippen LogP contribution >= 0.6 is 22.6 Å². The van der Waals surface area contributed by atoms with Crippen molar-refractivity contribution in [3.8, 4) is 0 Å². The SMILES string of the molecule is CC(Nc1ccc(I)cc1N)c1cccnc1. The van der Waals surface area contributed by atoms with Gasteiger partial charge in [0.15, 0.2) is 0 Å². The van der Waals surface area contributed by atoms with E-state index in [2.05, 4.69) is 39.8 Å². The summed E-state index contributed by atoms with van der Waals surface area (Å²) >= 11 is 2.25. The molecule has 1 unspecified atom stereocenters. The summed E-state index contributed by atoms with van der Waals surface area (Å²) in [5.74, 6) is 0. The van der Waals surface area contributed by atoms with Gasteiger partial charge in [-0.05, 0) is 59.3 Å². The maximum atomic E-state index is 5.96. The molecule has 17 heavy (non-hydrogen) atoms. The lowest BCUT2D eigenvalue weighted by Gasteiger charge is -2.16.